The first-order valence-electron chi connectivity index (χ1n) is 7.29. The molecule has 20 heavy (non-hydrogen) atoms. The Morgan fingerprint density at radius 2 is 2.20 bits per heavy atom. The number of rotatable bonds is 7. The summed E-state index contributed by atoms with van der Waals surface area (Å²) in [5, 5.41) is 4.93. The molecule has 0 amide bonds. The van der Waals surface area contributed by atoms with Gasteiger partial charge in [0, 0.05) is 23.3 Å². The third kappa shape index (κ3) is 4.28. The average molecular weight is 316 g/mol. The van der Waals surface area contributed by atoms with Crippen LogP contribution in [-0.4, -0.2) is 21.5 Å². The van der Waals surface area contributed by atoms with Crippen LogP contribution in [0, 0.1) is 11.8 Å². The highest BCUT2D eigenvalue weighted by atomic mass is 32.2. The molecule has 1 aliphatic rings. The van der Waals surface area contributed by atoms with E-state index in [0.717, 1.165) is 36.7 Å². The fourth-order valence-corrected chi connectivity index (χ4v) is 5.02. The zero-order valence-electron chi connectivity index (χ0n) is 12.2. The van der Waals surface area contributed by atoms with E-state index in [-0.39, 0.29) is 0 Å². The van der Waals surface area contributed by atoms with Crippen molar-refractivity contribution in [2.45, 2.75) is 44.6 Å². The first kappa shape index (κ1) is 15.9. The van der Waals surface area contributed by atoms with Crippen molar-refractivity contribution in [2.24, 2.45) is 11.8 Å². The fourth-order valence-electron chi connectivity index (χ4n) is 2.66. The Bertz CT molecular complexity index is 525. The molecule has 0 bridgehead atoms. The minimum absolute atomic E-state index is 0.404. The molecule has 2 atom stereocenters. The molecule has 1 aliphatic carbocycles. The van der Waals surface area contributed by atoms with E-state index >= 15 is 0 Å². The number of thiophene rings is 1. The molecule has 2 unspecified atom stereocenters. The maximum atomic E-state index is 12.2. The summed E-state index contributed by atoms with van der Waals surface area (Å²) >= 11 is 1.49. The zero-order valence-corrected chi connectivity index (χ0v) is 13.8. The van der Waals surface area contributed by atoms with Crippen LogP contribution in [0.1, 0.15) is 38.0 Å². The highest BCUT2D eigenvalue weighted by Crippen LogP contribution is 2.30. The Morgan fingerprint density at radius 3 is 2.85 bits per heavy atom. The lowest BCUT2D eigenvalue weighted by Crippen LogP contribution is -2.28. The van der Waals surface area contributed by atoms with Crippen LogP contribution < -0.4 is 10.0 Å². The summed E-state index contributed by atoms with van der Waals surface area (Å²) < 4.78 is 27.2. The van der Waals surface area contributed by atoms with Gasteiger partial charge in [-0.05, 0) is 37.3 Å². The molecule has 1 aromatic rings. The third-order valence-electron chi connectivity index (χ3n) is 3.85. The van der Waals surface area contributed by atoms with Gasteiger partial charge in [0.15, 0.2) is 0 Å². The highest BCUT2D eigenvalue weighted by Gasteiger charge is 2.24. The van der Waals surface area contributed by atoms with Gasteiger partial charge >= 0.3 is 0 Å². The molecule has 1 saturated carbocycles. The Kier molecular flexibility index (Phi) is 5.60. The average Bonchev–Trinajstić information content (AvgIpc) is 3.03. The van der Waals surface area contributed by atoms with Crippen molar-refractivity contribution in [1.82, 2.24) is 10.0 Å². The van der Waals surface area contributed by atoms with Gasteiger partial charge in [-0.3, -0.25) is 0 Å². The largest absolute Gasteiger partial charge is 0.312 e. The maximum Gasteiger partial charge on any atom is 0.241 e. The summed E-state index contributed by atoms with van der Waals surface area (Å²) in [7, 11) is -3.34. The van der Waals surface area contributed by atoms with Gasteiger partial charge in [0.2, 0.25) is 10.0 Å². The van der Waals surface area contributed by atoms with Gasteiger partial charge in [0.1, 0.15) is 0 Å². The topological polar surface area (TPSA) is 58.2 Å². The molecule has 0 radical (unpaired) electrons. The van der Waals surface area contributed by atoms with Crippen molar-refractivity contribution >= 4 is 21.4 Å². The van der Waals surface area contributed by atoms with E-state index in [4.69, 9.17) is 0 Å². The van der Waals surface area contributed by atoms with Crippen molar-refractivity contribution < 1.29 is 8.42 Å². The van der Waals surface area contributed by atoms with Crippen LogP contribution in [0.5, 0.6) is 0 Å². The van der Waals surface area contributed by atoms with Gasteiger partial charge in [-0.1, -0.05) is 20.3 Å². The normalized spacial score (nSPS) is 23.3. The second kappa shape index (κ2) is 7.02. The van der Waals surface area contributed by atoms with Crippen LogP contribution in [0.15, 0.2) is 16.3 Å². The molecule has 1 heterocycles. The summed E-state index contributed by atoms with van der Waals surface area (Å²) in [6, 6.07) is 1.77. The summed E-state index contributed by atoms with van der Waals surface area (Å²) in [5.74, 6) is 1.23. The molecule has 2 rings (SSSR count). The van der Waals surface area contributed by atoms with Crippen molar-refractivity contribution in [1.29, 1.82) is 0 Å². The minimum atomic E-state index is -3.34. The molecule has 4 nitrogen and oxygen atoms in total. The molecule has 0 aromatic carbocycles. The maximum absolute atomic E-state index is 12.2. The van der Waals surface area contributed by atoms with Gasteiger partial charge in [0.05, 0.1) is 4.90 Å². The predicted molar refractivity (Wildman–Crippen MR) is 83.4 cm³/mol. The van der Waals surface area contributed by atoms with E-state index in [2.05, 4.69) is 17.0 Å². The molecule has 2 N–H and O–H groups in total. The second-order valence-corrected chi connectivity index (χ2v) is 8.43. The third-order valence-corrected chi connectivity index (χ3v) is 6.34. The number of nitrogens with one attached hydrogen (secondary N) is 2. The lowest BCUT2D eigenvalue weighted by Gasteiger charge is -2.10. The zero-order chi connectivity index (χ0) is 14.6. The Balaban J connectivity index is 1.90. The van der Waals surface area contributed by atoms with Gasteiger partial charge in [-0.2, -0.15) is 0 Å². The van der Waals surface area contributed by atoms with Gasteiger partial charge in [-0.15, -0.1) is 11.3 Å². The van der Waals surface area contributed by atoms with E-state index in [1.54, 1.807) is 11.4 Å². The number of sulfonamides is 1. The molecule has 0 saturated heterocycles. The lowest BCUT2D eigenvalue weighted by molar-refractivity contribution is 0.498. The Morgan fingerprint density at radius 1 is 1.40 bits per heavy atom. The molecule has 1 aromatic heterocycles. The predicted octanol–water partition coefficient (Wildman–Crippen LogP) is 2.57. The summed E-state index contributed by atoms with van der Waals surface area (Å²) in [4.78, 5) is 1.46. The van der Waals surface area contributed by atoms with E-state index in [0.29, 0.717) is 17.4 Å². The quantitative estimate of drug-likeness (QED) is 0.813. The van der Waals surface area contributed by atoms with Crippen LogP contribution in [0.3, 0.4) is 0 Å². The minimum Gasteiger partial charge on any atom is -0.312 e. The molecule has 0 spiro atoms. The van der Waals surface area contributed by atoms with Crippen LogP contribution >= 0.6 is 11.3 Å². The standard InChI is InChI=1S/C14H24N2O2S2/c1-3-15-9-13-7-14(10-19-13)20(17,18)16-8-12-5-4-11(2)6-12/h7,10-12,15-16H,3-6,8-9H2,1-2H3. The first-order chi connectivity index (χ1) is 9.51. The van der Waals surface area contributed by atoms with Crippen LogP contribution in [0.25, 0.3) is 0 Å². The number of hydrogen-bond acceptors (Lipinski definition) is 4. The van der Waals surface area contributed by atoms with Crippen molar-refractivity contribution in [2.75, 3.05) is 13.1 Å². The molecule has 0 aliphatic heterocycles. The van der Waals surface area contributed by atoms with E-state index in [1.807, 2.05) is 6.92 Å². The van der Waals surface area contributed by atoms with Gasteiger partial charge in [-0.25, -0.2) is 13.1 Å². The van der Waals surface area contributed by atoms with Crippen molar-refractivity contribution in [3.05, 3.63) is 16.3 Å². The Labute approximate surface area is 126 Å². The molecule has 1 fully saturated rings. The van der Waals surface area contributed by atoms with Crippen molar-refractivity contribution in [3.8, 4) is 0 Å². The van der Waals surface area contributed by atoms with Crippen LogP contribution in [0.4, 0.5) is 0 Å². The Hall–Kier alpha value is -0.430. The highest BCUT2D eigenvalue weighted by molar-refractivity contribution is 7.89. The van der Waals surface area contributed by atoms with E-state index in [9.17, 15) is 8.42 Å². The molecular formula is C14H24N2O2S2. The second-order valence-electron chi connectivity index (χ2n) is 5.67. The molecule has 6 heteroatoms. The first-order valence-corrected chi connectivity index (χ1v) is 9.65. The smallest absolute Gasteiger partial charge is 0.241 e. The van der Waals surface area contributed by atoms with Gasteiger partial charge < -0.3 is 5.32 Å². The monoisotopic (exact) mass is 316 g/mol. The SMILES string of the molecule is CCNCc1cc(S(=O)(=O)NCC2CCC(C)C2)cs1. The fraction of sp³-hybridized carbons (Fsp3) is 0.714. The summed E-state index contributed by atoms with van der Waals surface area (Å²) in [6.07, 6.45) is 3.49. The summed E-state index contributed by atoms with van der Waals surface area (Å²) in [5.41, 5.74) is 0. The van der Waals surface area contributed by atoms with E-state index < -0.39 is 10.0 Å². The van der Waals surface area contributed by atoms with E-state index in [1.165, 1.54) is 17.8 Å². The number of hydrogen-bond donors (Lipinski definition) is 2. The van der Waals surface area contributed by atoms with Crippen LogP contribution in [-0.2, 0) is 16.6 Å². The van der Waals surface area contributed by atoms with Gasteiger partial charge in [0.25, 0.3) is 0 Å². The summed E-state index contributed by atoms with van der Waals surface area (Å²) in [6.45, 7) is 6.47. The molecule has 114 valence electrons. The lowest BCUT2D eigenvalue weighted by atomic mass is 10.1. The van der Waals surface area contributed by atoms with Crippen molar-refractivity contribution in [3.63, 3.8) is 0 Å². The molecular weight excluding hydrogens is 292 g/mol. The van der Waals surface area contributed by atoms with Crippen LogP contribution in [0.2, 0.25) is 0 Å².